The molecule has 0 radical (unpaired) electrons. The van der Waals surface area contributed by atoms with Gasteiger partial charge < -0.3 is 14.5 Å². The monoisotopic (exact) mass is 392 g/mol. The molecule has 1 unspecified atom stereocenters. The van der Waals surface area contributed by atoms with Crippen molar-refractivity contribution in [1.82, 2.24) is 10.2 Å². The number of amides is 3. The average Bonchev–Trinajstić information content (AvgIpc) is 3.19. The van der Waals surface area contributed by atoms with E-state index >= 15 is 0 Å². The second-order valence-electron chi connectivity index (χ2n) is 7.15. The third-order valence-corrected chi connectivity index (χ3v) is 5.29. The molecule has 148 valence electrons. The molecule has 0 bridgehead atoms. The number of esters is 1. The van der Waals surface area contributed by atoms with Gasteiger partial charge in [-0.25, -0.2) is 9.59 Å². The maximum Gasteiger partial charge on any atom is 0.341 e. The maximum absolute atomic E-state index is 13.3. The Balaban J connectivity index is 1.68. The fourth-order valence-electron chi connectivity index (χ4n) is 3.77. The SMILES string of the molecule is COC(=O)c1cc(CN2C(=O)NC(C)(c3cccc4ccccc34)C2=O)oc1C. The Morgan fingerprint density at radius 2 is 1.90 bits per heavy atom. The van der Waals surface area contributed by atoms with Crippen LogP contribution in [0.2, 0.25) is 0 Å². The summed E-state index contributed by atoms with van der Waals surface area (Å²) in [6.07, 6.45) is 0. The van der Waals surface area contributed by atoms with Gasteiger partial charge in [0.1, 0.15) is 22.6 Å². The number of fused-ring (bicyclic) bond motifs is 1. The smallest absolute Gasteiger partial charge is 0.341 e. The molecule has 3 amide bonds. The topological polar surface area (TPSA) is 88.9 Å². The van der Waals surface area contributed by atoms with Gasteiger partial charge in [-0.1, -0.05) is 42.5 Å². The summed E-state index contributed by atoms with van der Waals surface area (Å²) in [5.41, 5.74) is -0.209. The zero-order chi connectivity index (χ0) is 20.8. The molecular formula is C22H20N2O5. The summed E-state index contributed by atoms with van der Waals surface area (Å²) in [5, 5.41) is 4.70. The number of carbonyl (C=O) groups excluding carboxylic acids is 3. The molecule has 1 fully saturated rings. The number of benzene rings is 2. The van der Waals surface area contributed by atoms with Crippen molar-refractivity contribution in [3.8, 4) is 0 Å². The molecule has 0 spiro atoms. The zero-order valence-electron chi connectivity index (χ0n) is 16.3. The van der Waals surface area contributed by atoms with Crippen molar-refractivity contribution >= 4 is 28.7 Å². The van der Waals surface area contributed by atoms with Crippen LogP contribution in [0.4, 0.5) is 4.79 Å². The molecule has 2 heterocycles. The minimum Gasteiger partial charge on any atom is -0.465 e. The van der Waals surface area contributed by atoms with E-state index in [1.54, 1.807) is 13.8 Å². The van der Waals surface area contributed by atoms with Crippen molar-refractivity contribution in [3.05, 3.63) is 71.2 Å². The Morgan fingerprint density at radius 1 is 1.17 bits per heavy atom. The van der Waals surface area contributed by atoms with Crippen LogP contribution in [-0.2, 0) is 21.6 Å². The van der Waals surface area contributed by atoms with Crippen LogP contribution in [-0.4, -0.2) is 29.9 Å². The highest BCUT2D eigenvalue weighted by atomic mass is 16.5. The number of urea groups is 1. The van der Waals surface area contributed by atoms with Crippen LogP contribution in [0.25, 0.3) is 10.8 Å². The number of ether oxygens (including phenoxy) is 1. The second kappa shape index (κ2) is 6.77. The van der Waals surface area contributed by atoms with Gasteiger partial charge in [-0.05, 0) is 36.2 Å². The number of imide groups is 1. The molecule has 1 aliphatic rings. The molecule has 29 heavy (non-hydrogen) atoms. The molecule has 2 aromatic carbocycles. The van der Waals surface area contributed by atoms with Crippen molar-refractivity contribution in [1.29, 1.82) is 0 Å². The van der Waals surface area contributed by atoms with Gasteiger partial charge in [0.15, 0.2) is 0 Å². The summed E-state index contributed by atoms with van der Waals surface area (Å²) >= 11 is 0. The first-order valence-corrected chi connectivity index (χ1v) is 9.15. The molecular weight excluding hydrogens is 372 g/mol. The first-order valence-electron chi connectivity index (χ1n) is 9.15. The van der Waals surface area contributed by atoms with E-state index in [0.29, 0.717) is 11.5 Å². The summed E-state index contributed by atoms with van der Waals surface area (Å²) in [6, 6.07) is 14.4. The Labute approximate surface area is 167 Å². The van der Waals surface area contributed by atoms with E-state index in [9.17, 15) is 14.4 Å². The van der Waals surface area contributed by atoms with Crippen LogP contribution >= 0.6 is 0 Å². The number of furan rings is 1. The van der Waals surface area contributed by atoms with Gasteiger partial charge in [0.2, 0.25) is 0 Å². The van der Waals surface area contributed by atoms with Gasteiger partial charge in [-0.3, -0.25) is 9.69 Å². The van der Waals surface area contributed by atoms with Crippen LogP contribution in [0.1, 0.15) is 34.4 Å². The van der Waals surface area contributed by atoms with E-state index in [1.807, 2.05) is 42.5 Å². The van der Waals surface area contributed by atoms with Crippen LogP contribution < -0.4 is 5.32 Å². The van der Waals surface area contributed by atoms with E-state index in [-0.39, 0.29) is 18.0 Å². The van der Waals surface area contributed by atoms with Crippen molar-refractivity contribution in [3.63, 3.8) is 0 Å². The van der Waals surface area contributed by atoms with Crippen molar-refractivity contribution < 1.29 is 23.5 Å². The lowest BCUT2D eigenvalue weighted by molar-refractivity contribution is -0.131. The van der Waals surface area contributed by atoms with E-state index in [0.717, 1.165) is 21.2 Å². The van der Waals surface area contributed by atoms with E-state index in [4.69, 9.17) is 9.15 Å². The Bertz CT molecular complexity index is 1140. The van der Waals surface area contributed by atoms with Crippen molar-refractivity contribution in [2.24, 2.45) is 0 Å². The number of methoxy groups -OCH3 is 1. The second-order valence-corrected chi connectivity index (χ2v) is 7.15. The van der Waals surface area contributed by atoms with Gasteiger partial charge in [0.25, 0.3) is 5.91 Å². The molecule has 7 heteroatoms. The molecule has 1 atom stereocenters. The normalized spacial score (nSPS) is 18.9. The third-order valence-electron chi connectivity index (χ3n) is 5.29. The first-order chi connectivity index (χ1) is 13.8. The predicted octanol–water partition coefficient (Wildman–Crippen LogP) is 3.50. The highest BCUT2D eigenvalue weighted by molar-refractivity contribution is 6.09. The number of nitrogens with zero attached hydrogens (tertiary/aromatic N) is 1. The number of rotatable bonds is 4. The molecule has 1 aliphatic heterocycles. The Kier molecular flexibility index (Phi) is 4.38. The fourth-order valence-corrected chi connectivity index (χ4v) is 3.77. The quantitative estimate of drug-likeness (QED) is 0.542. The van der Waals surface area contributed by atoms with E-state index in [1.165, 1.54) is 13.2 Å². The van der Waals surface area contributed by atoms with Crippen LogP contribution in [0, 0.1) is 6.92 Å². The highest BCUT2D eigenvalue weighted by Crippen LogP contribution is 2.34. The molecule has 7 nitrogen and oxygen atoms in total. The van der Waals surface area contributed by atoms with Gasteiger partial charge in [-0.15, -0.1) is 0 Å². The number of nitrogens with one attached hydrogen (secondary N) is 1. The lowest BCUT2D eigenvalue weighted by atomic mass is 9.88. The predicted molar refractivity (Wildman–Crippen MR) is 105 cm³/mol. The number of hydrogen-bond donors (Lipinski definition) is 1. The minimum absolute atomic E-state index is 0.0805. The fraction of sp³-hybridized carbons (Fsp3) is 0.227. The van der Waals surface area contributed by atoms with Crippen molar-refractivity contribution in [2.45, 2.75) is 25.9 Å². The number of carbonyl (C=O) groups is 3. The lowest BCUT2D eigenvalue weighted by Crippen LogP contribution is -2.41. The lowest BCUT2D eigenvalue weighted by Gasteiger charge is -2.24. The summed E-state index contributed by atoms with van der Waals surface area (Å²) in [4.78, 5) is 38.8. The zero-order valence-corrected chi connectivity index (χ0v) is 16.3. The number of hydrogen-bond acceptors (Lipinski definition) is 5. The largest absolute Gasteiger partial charge is 0.465 e. The molecule has 1 aromatic heterocycles. The molecule has 4 rings (SSSR count). The van der Waals surface area contributed by atoms with E-state index in [2.05, 4.69) is 5.32 Å². The molecule has 0 saturated carbocycles. The summed E-state index contributed by atoms with van der Waals surface area (Å²) in [5.74, 6) is -0.216. The number of aryl methyl sites for hydroxylation is 1. The molecule has 1 N–H and O–H groups in total. The standard InChI is InChI=1S/C22H20N2O5/c1-13-17(19(25)28-3)11-15(29-13)12-24-20(26)22(2,23-21(24)27)18-10-6-8-14-7-4-5-9-16(14)18/h4-11H,12H2,1-3H3,(H,23,27). The highest BCUT2D eigenvalue weighted by Gasteiger charge is 2.49. The first kappa shape index (κ1) is 18.7. The summed E-state index contributed by atoms with van der Waals surface area (Å²) in [7, 11) is 1.28. The maximum atomic E-state index is 13.3. The molecule has 1 saturated heterocycles. The summed E-state index contributed by atoms with van der Waals surface area (Å²) in [6.45, 7) is 3.24. The van der Waals surface area contributed by atoms with E-state index < -0.39 is 17.5 Å². The third kappa shape index (κ3) is 2.95. The van der Waals surface area contributed by atoms with Gasteiger partial charge in [0, 0.05) is 0 Å². The van der Waals surface area contributed by atoms with Crippen LogP contribution in [0.15, 0.2) is 52.9 Å². The van der Waals surface area contributed by atoms with Crippen LogP contribution in [0.5, 0.6) is 0 Å². The van der Waals surface area contributed by atoms with Crippen LogP contribution in [0.3, 0.4) is 0 Å². The Hall–Kier alpha value is -3.61. The minimum atomic E-state index is -1.20. The molecule has 3 aromatic rings. The van der Waals surface area contributed by atoms with Crippen molar-refractivity contribution in [2.75, 3.05) is 7.11 Å². The molecule has 0 aliphatic carbocycles. The van der Waals surface area contributed by atoms with Gasteiger partial charge >= 0.3 is 12.0 Å². The average molecular weight is 392 g/mol. The summed E-state index contributed by atoms with van der Waals surface area (Å²) < 4.78 is 10.3. The van der Waals surface area contributed by atoms with Gasteiger partial charge in [0.05, 0.1) is 13.7 Å². The van der Waals surface area contributed by atoms with Gasteiger partial charge in [-0.2, -0.15) is 0 Å². The Morgan fingerprint density at radius 3 is 2.66 bits per heavy atom.